The van der Waals surface area contributed by atoms with E-state index in [9.17, 15) is 0 Å². The third-order valence-electron chi connectivity index (χ3n) is 4.23. The summed E-state index contributed by atoms with van der Waals surface area (Å²) in [5.74, 6) is 1.42. The SMILES string of the molecule is CCc1cc(NCc2cn3c(C)cccc3n2)nc(-c2ccccn2)n1. The van der Waals surface area contributed by atoms with Crippen LogP contribution in [0, 0.1) is 6.92 Å². The number of fused-ring (bicyclic) bond motifs is 1. The van der Waals surface area contributed by atoms with E-state index in [2.05, 4.69) is 55.8 Å². The fourth-order valence-corrected chi connectivity index (χ4v) is 2.84. The van der Waals surface area contributed by atoms with Crippen LogP contribution in [0.15, 0.2) is 54.9 Å². The highest BCUT2D eigenvalue weighted by Gasteiger charge is 2.08. The monoisotopic (exact) mass is 344 g/mol. The molecule has 0 amide bonds. The average Bonchev–Trinajstić information content (AvgIpc) is 3.11. The van der Waals surface area contributed by atoms with Crippen LogP contribution in [0.5, 0.6) is 0 Å². The van der Waals surface area contributed by atoms with Crippen LogP contribution in [0.1, 0.15) is 24.0 Å². The highest BCUT2D eigenvalue weighted by atomic mass is 15.1. The van der Waals surface area contributed by atoms with Gasteiger partial charge in [0.25, 0.3) is 0 Å². The Morgan fingerprint density at radius 1 is 1.00 bits per heavy atom. The van der Waals surface area contributed by atoms with Crippen molar-refractivity contribution >= 4 is 11.5 Å². The molecule has 26 heavy (non-hydrogen) atoms. The van der Waals surface area contributed by atoms with E-state index in [4.69, 9.17) is 0 Å². The van der Waals surface area contributed by atoms with Crippen molar-refractivity contribution in [2.45, 2.75) is 26.8 Å². The highest BCUT2D eigenvalue weighted by molar-refractivity contribution is 5.53. The maximum Gasteiger partial charge on any atom is 0.180 e. The van der Waals surface area contributed by atoms with E-state index in [1.807, 2.05) is 36.4 Å². The van der Waals surface area contributed by atoms with Crippen LogP contribution in [0.2, 0.25) is 0 Å². The van der Waals surface area contributed by atoms with Gasteiger partial charge in [0.15, 0.2) is 5.82 Å². The van der Waals surface area contributed by atoms with Crippen molar-refractivity contribution < 1.29 is 0 Å². The van der Waals surface area contributed by atoms with Gasteiger partial charge in [-0.1, -0.05) is 19.1 Å². The quantitative estimate of drug-likeness (QED) is 0.598. The molecule has 0 aliphatic rings. The molecule has 0 saturated heterocycles. The Morgan fingerprint density at radius 2 is 1.92 bits per heavy atom. The highest BCUT2D eigenvalue weighted by Crippen LogP contribution is 2.17. The number of aryl methyl sites for hydroxylation is 2. The molecule has 0 radical (unpaired) electrons. The second-order valence-electron chi connectivity index (χ2n) is 6.12. The Labute approximate surface area is 152 Å². The fourth-order valence-electron chi connectivity index (χ4n) is 2.84. The molecule has 0 aromatic carbocycles. The number of nitrogens with one attached hydrogen (secondary N) is 1. The van der Waals surface area contributed by atoms with Gasteiger partial charge in [-0.3, -0.25) is 4.98 Å². The van der Waals surface area contributed by atoms with Gasteiger partial charge in [-0.05, 0) is 37.6 Å². The summed E-state index contributed by atoms with van der Waals surface area (Å²) in [7, 11) is 0. The van der Waals surface area contributed by atoms with Crippen LogP contribution in [0.4, 0.5) is 5.82 Å². The molecule has 130 valence electrons. The van der Waals surface area contributed by atoms with Gasteiger partial charge in [-0.25, -0.2) is 15.0 Å². The number of imidazole rings is 1. The molecule has 0 atom stereocenters. The molecule has 0 aliphatic carbocycles. The zero-order chi connectivity index (χ0) is 17.9. The van der Waals surface area contributed by atoms with E-state index in [1.165, 1.54) is 0 Å². The fraction of sp³-hybridized carbons (Fsp3) is 0.200. The summed E-state index contributed by atoms with van der Waals surface area (Å²) < 4.78 is 2.09. The molecule has 0 bridgehead atoms. The van der Waals surface area contributed by atoms with Crippen molar-refractivity contribution in [2.24, 2.45) is 0 Å². The molecule has 0 unspecified atom stereocenters. The Morgan fingerprint density at radius 3 is 2.69 bits per heavy atom. The summed E-state index contributed by atoms with van der Waals surface area (Å²) in [5, 5.41) is 3.37. The third kappa shape index (κ3) is 3.26. The van der Waals surface area contributed by atoms with Crippen molar-refractivity contribution in [1.29, 1.82) is 0 Å². The molecule has 0 saturated carbocycles. The Bertz CT molecular complexity index is 1040. The predicted octanol–water partition coefficient (Wildman–Crippen LogP) is 3.67. The molecule has 4 aromatic rings. The Balaban J connectivity index is 1.60. The van der Waals surface area contributed by atoms with Crippen LogP contribution in [0.25, 0.3) is 17.2 Å². The van der Waals surface area contributed by atoms with Gasteiger partial charge >= 0.3 is 0 Å². The van der Waals surface area contributed by atoms with Gasteiger partial charge in [-0.15, -0.1) is 0 Å². The number of aromatic nitrogens is 5. The maximum atomic E-state index is 4.66. The number of rotatable bonds is 5. The lowest BCUT2D eigenvalue weighted by atomic mass is 10.2. The zero-order valence-corrected chi connectivity index (χ0v) is 14.8. The lowest BCUT2D eigenvalue weighted by Crippen LogP contribution is -2.05. The predicted molar refractivity (Wildman–Crippen MR) is 102 cm³/mol. The van der Waals surface area contributed by atoms with Crippen LogP contribution < -0.4 is 5.32 Å². The minimum atomic E-state index is 0.600. The molecule has 0 spiro atoms. The van der Waals surface area contributed by atoms with Gasteiger partial charge in [0, 0.05) is 29.8 Å². The third-order valence-corrected chi connectivity index (χ3v) is 4.23. The molecule has 4 rings (SSSR count). The number of hydrogen-bond acceptors (Lipinski definition) is 5. The number of pyridine rings is 2. The van der Waals surface area contributed by atoms with E-state index in [0.29, 0.717) is 12.4 Å². The summed E-state index contributed by atoms with van der Waals surface area (Å²) in [6.07, 6.45) is 4.65. The van der Waals surface area contributed by atoms with Crippen molar-refractivity contribution in [1.82, 2.24) is 24.3 Å². The normalized spacial score (nSPS) is 11.0. The molecular formula is C20H20N6. The molecule has 4 heterocycles. The van der Waals surface area contributed by atoms with E-state index < -0.39 is 0 Å². The first-order chi connectivity index (χ1) is 12.7. The summed E-state index contributed by atoms with van der Waals surface area (Å²) in [4.78, 5) is 18.2. The minimum Gasteiger partial charge on any atom is -0.364 e. The molecule has 6 heteroatoms. The second kappa shape index (κ2) is 6.92. The summed E-state index contributed by atoms with van der Waals surface area (Å²) in [5.41, 5.74) is 4.83. The molecule has 4 aromatic heterocycles. The van der Waals surface area contributed by atoms with E-state index >= 15 is 0 Å². The first kappa shape index (κ1) is 16.2. The van der Waals surface area contributed by atoms with Gasteiger partial charge in [0.1, 0.15) is 17.2 Å². The topological polar surface area (TPSA) is 68.0 Å². The lowest BCUT2D eigenvalue weighted by Gasteiger charge is -2.08. The Kier molecular flexibility index (Phi) is 4.31. The molecule has 1 N–H and O–H groups in total. The van der Waals surface area contributed by atoms with E-state index in [1.54, 1.807) is 6.20 Å². The zero-order valence-electron chi connectivity index (χ0n) is 14.8. The van der Waals surface area contributed by atoms with Crippen LogP contribution in [-0.4, -0.2) is 24.3 Å². The molecular weight excluding hydrogens is 324 g/mol. The molecule has 0 fully saturated rings. The summed E-state index contributed by atoms with van der Waals surface area (Å²) in [6.45, 7) is 4.76. The van der Waals surface area contributed by atoms with Gasteiger partial charge in [0.2, 0.25) is 0 Å². The number of hydrogen-bond donors (Lipinski definition) is 1. The minimum absolute atomic E-state index is 0.600. The first-order valence-electron chi connectivity index (χ1n) is 8.70. The number of nitrogens with zero attached hydrogens (tertiary/aromatic N) is 5. The largest absolute Gasteiger partial charge is 0.364 e. The van der Waals surface area contributed by atoms with Crippen molar-refractivity contribution in [2.75, 3.05) is 5.32 Å². The first-order valence-corrected chi connectivity index (χ1v) is 8.70. The maximum absolute atomic E-state index is 4.66. The van der Waals surface area contributed by atoms with Crippen LogP contribution in [0.3, 0.4) is 0 Å². The van der Waals surface area contributed by atoms with E-state index in [0.717, 1.165) is 40.7 Å². The van der Waals surface area contributed by atoms with Crippen molar-refractivity contribution in [3.8, 4) is 11.5 Å². The van der Waals surface area contributed by atoms with E-state index in [-0.39, 0.29) is 0 Å². The Hall–Kier alpha value is -3.28. The van der Waals surface area contributed by atoms with Crippen LogP contribution >= 0.6 is 0 Å². The van der Waals surface area contributed by atoms with Gasteiger partial charge in [-0.2, -0.15) is 0 Å². The summed E-state index contributed by atoms with van der Waals surface area (Å²) in [6, 6.07) is 13.8. The number of anilines is 1. The van der Waals surface area contributed by atoms with Crippen molar-refractivity contribution in [3.05, 3.63) is 71.9 Å². The lowest BCUT2D eigenvalue weighted by molar-refractivity contribution is 0.980. The summed E-state index contributed by atoms with van der Waals surface area (Å²) >= 11 is 0. The standard InChI is InChI=1S/C20H20N6/c1-3-15-11-18(25-20(24-15)17-8-4-5-10-21-17)22-12-16-13-26-14(2)7-6-9-19(26)23-16/h4-11,13H,3,12H2,1-2H3,(H,22,24,25). The molecule has 6 nitrogen and oxygen atoms in total. The second-order valence-corrected chi connectivity index (χ2v) is 6.12. The van der Waals surface area contributed by atoms with Crippen molar-refractivity contribution in [3.63, 3.8) is 0 Å². The van der Waals surface area contributed by atoms with Gasteiger partial charge < -0.3 is 9.72 Å². The van der Waals surface area contributed by atoms with Gasteiger partial charge in [0.05, 0.1) is 12.2 Å². The average molecular weight is 344 g/mol. The van der Waals surface area contributed by atoms with Crippen LogP contribution in [-0.2, 0) is 13.0 Å². The smallest absolute Gasteiger partial charge is 0.180 e. The molecule has 0 aliphatic heterocycles.